The molecule has 2 bridgehead atoms. The van der Waals surface area contributed by atoms with Gasteiger partial charge in [0.2, 0.25) is 5.91 Å². The van der Waals surface area contributed by atoms with Gasteiger partial charge in [-0.25, -0.2) is 4.21 Å². The minimum Gasteiger partial charge on any atom is -0.490 e. The van der Waals surface area contributed by atoms with Gasteiger partial charge in [-0.05, 0) is 98.2 Å². The summed E-state index contributed by atoms with van der Waals surface area (Å²) in [6.07, 6.45) is 11.7. The largest absolute Gasteiger partial charge is 0.490 e. The van der Waals surface area contributed by atoms with Crippen molar-refractivity contribution in [2.75, 3.05) is 37.5 Å². The molecule has 6 rings (SSSR count). The molecule has 5 atom stereocenters. The first-order valence-corrected chi connectivity index (χ1v) is 19.3. The Balaban J connectivity index is 1.44. The molecule has 47 heavy (non-hydrogen) atoms. The molecular weight excluding hydrogens is 634 g/mol. The van der Waals surface area contributed by atoms with Crippen molar-refractivity contribution in [2.45, 2.75) is 83.2 Å². The summed E-state index contributed by atoms with van der Waals surface area (Å²) in [5, 5.41) is 0.745. The van der Waals surface area contributed by atoms with E-state index in [0.29, 0.717) is 43.2 Å². The first-order valence-electron chi connectivity index (χ1n) is 17.2. The minimum atomic E-state index is -3.32. The van der Waals surface area contributed by atoms with Crippen molar-refractivity contribution >= 4 is 39.0 Å². The molecule has 10 heteroatoms. The molecule has 1 unspecified atom stereocenters. The van der Waals surface area contributed by atoms with E-state index < -0.39 is 15.8 Å². The Labute approximate surface area is 284 Å². The van der Waals surface area contributed by atoms with Gasteiger partial charge in [-0.15, -0.1) is 4.36 Å². The van der Waals surface area contributed by atoms with Crippen LogP contribution in [0.3, 0.4) is 0 Å². The molecule has 254 valence electrons. The molecule has 8 nitrogen and oxygen atoms in total. The van der Waals surface area contributed by atoms with Crippen LogP contribution in [0.1, 0.15) is 86.7 Å². The van der Waals surface area contributed by atoms with Crippen LogP contribution < -0.4 is 14.4 Å². The summed E-state index contributed by atoms with van der Waals surface area (Å²) in [4.78, 5) is 29.1. The molecule has 2 aromatic carbocycles. The third-order valence-electron chi connectivity index (χ3n) is 10.9. The van der Waals surface area contributed by atoms with E-state index in [2.05, 4.69) is 52.1 Å². The van der Waals surface area contributed by atoms with Gasteiger partial charge in [0.25, 0.3) is 5.91 Å². The number of halogens is 1. The Bertz CT molecular complexity index is 1650. The zero-order valence-electron chi connectivity index (χ0n) is 27.8. The van der Waals surface area contributed by atoms with E-state index >= 15 is 0 Å². The molecule has 1 fully saturated rings. The molecule has 2 aliphatic heterocycles. The SMILES string of the molecule is CC[C@H]1CN2C[C@@]3(CCCc4cc(Cl)ccc43)COc3ccc(cc32)C(=O)N=S(=O)(NC(=O)C2CCC2)CCC/C=C/[C@H](OC)[C@@H]1C. The smallest absolute Gasteiger partial charge is 0.286 e. The van der Waals surface area contributed by atoms with Crippen molar-refractivity contribution in [3.63, 3.8) is 0 Å². The number of amides is 2. The molecule has 2 aromatic rings. The van der Waals surface area contributed by atoms with E-state index in [1.165, 1.54) is 11.1 Å². The summed E-state index contributed by atoms with van der Waals surface area (Å²) in [6.45, 7) is 6.45. The molecule has 0 radical (unpaired) electrons. The van der Waals surface area contributed by atoms with Gasteiger partial charge in [0.05, 0.1) is 24.2 Å². The second-order valence-electron chi connectivity index (χ2n) is 13.9. The first kappa shape index (κ1) is 34.0. The highest BCUT2D eigenvalue weighted by Gasteiger charge is 2.42. The fraction of sp³-hybridized carbons (Fsp3) is 0.568. The van der Waals surface area contributed by atoms with E-state index in [4.69, 9.17) is 21.1 Å². The zero-order valence-corrected chi connectivity index (χ0v) is 29.4. The molecule has 4 aliphatic rings. The van der Waals surface area contributed by atoms with E-state index in [0.717, 1.165) is 62.2 Å². The fourth-order valence-electron chi connectivity index (χ4n) is 7.78. The topological polar surface area (TPSA) is 97.3 Å². The number of allylic oxidation sites excluding steroid dienone is 1. The first-order chi connectivity index (χ1) is 22.6. The highest BCUT2D eigenvalue weighted by molar-refractivity contribution is 7.92. The van der Waals surface area contributed by atoms with Crippen LogP contribution in [0.2, 0.25) is 5.02 Å². The van der Waals surface area contributed by atoms with Gasteiger partial charge >= 0.3 is 0 Å². The maximum Gasteiger partial charge on any atom is 0.286 e. The summed E-state index contributed by atoms with van der Waals surface area (Å²) in [5.74, 6) is 0.275. The van der Waals surface area contributed by atoms with Gasteiger partial charge in [0.15, 0.2) is 0 Å². The van der Waals surface area contributed by atoms with Gasteiger partial charge in [0.1, 0.15) is 15.7 Å². The Kier molecular flexibility index (Phi) is 10.4. The zero-order chi connectivity index (χ0) is 33.2. The number of rotatable bonds is 4. The summed E-state index contributed by atoms with van der Waals surface area (Å²) >= 11 is 6.45. The van der Waals surface area contributed by atoms with Crippen molar-refractivity contribution in [1.29, 1.82) is 0 Å². The number of carbonyl (C=O) groups excluding carboxylic acids is 2. The number of nitrogens with one attached hydrogen (secondary N) is 1. The molecule has 2 aliphatic carbocycles. The van der Waals surface area contributed by atoms with E-state index in [1.54, 1.807) is 13.2 Å². The Morgan fingerprint density at radius 1 is 1.19 bits per heavy atom. The molecule has 2 heterocycles. The van der Waals surface area contributed by atoms with Crippen LogP contribution in [-0.4, -0.2) is 54.7 Å². The lowest BCUT2D eigenvalue weighted by Crippen LogP contribution is -2.47. The number of hydrogen-bond acceptors (Lipinski definition) is 6. The number of aryl methyl sites for hydroxylation is 1. The van der Waals surface area contributed by atoms with Crippen LogP contribution in [0.15, 0.2) is 52.9 Å². The Morgan fingerprint density at radius 2 is 2.02 bits per heavy atom. The van der Waals surface area contributed by atoms with Gasteiger partial charge in [-0.1, -0.05) is 56.5 Å². The highest BCUT2D eigenvalue weighted by Crippen LogP contribution is 2.45. The fourth-order valence-corrected chi connectivity index (χ4v) is 9.62. The van der Waals surface area contributed by atoms with Crippen LogP contribution in [0.4, 0.5) is 5.69 Å². The average molecular weight is 682 g/mol. The van der Waals surface area contributed by atoms with Gasteiger partial charge in [-0.2, -0.15) is 0 Å². The second-order valence-corrected chi connectivity index (χ2v) is 16.4. The highest BCUT2D eigenvalue weighted by atomic mass is 35.5. The molecule has 2 amide bonds. The van der Waals surface area contributed by atoms with Crippen LogP contribution in [0.25, 0.3) is 0 Å². The predicted octanol–water partition coefficient (Wildman–Crippen LogP) is 7.28. The molecule has 1 saturated carbocycles. The van der Waals surface area contributed by atoms with Gasteiger partial charge < -0.3 is 14.4 Å². The Hall–Kier alpha value is -2.88. The van der Waals surface area contributed by atoms with Crippen molar-refractivity contribution in [2.24, 2.45) is 22.1 Å². The van der Waals surface area contributed by atoms with Crippen molar-refractivity contribution in [1.82, 2.24) is 4.72 Å². The molecule has 1 N–H and O–H groups in total. The standard InChI is InChI=1S/C37H48ClN3O5S/c1-4-26-22-41-23-37(18-9-12-28-20-30(38)15-16-31(28)37)24-46-34-17-14-29(21-32(34)41)36(43)40-47(44,39-35(42)27-10-8-11-27)19-7-5-6-13-33(45-3)25(26)2/h6,13-17,20-21,25-27,33H,4-5,7-12,18-19,22-24H2,1-3H3,(H,39,40,42,43,44)/b13-6+/t25-,26+,33+,37+,47?/m1/s1. The van der Waals surface area contributed by atoms with Gasteiger partial charge in [-0.3, -0.25) is 14.3 Å². The van der Waals surface area contributed by atoms with Crippen LogP contribution in [0.5, 0.6) is 5.75 Å². The van der Waals surface area contributed by atoms with Crippen LogP contribution >= 0.6 is 11.6 Å². The minimum absolute atomic E-state index is 0.0951. The number of carbonyl (C=O) groups is 2. The average Bonchev–Trinajstić information content (AvgIpc) is 3.16. The monoisotopic (exact) mass is 681 g/mol. The number of nitrogens with zero attached hydrogens (tertiary/aromatic N) is 2. The predicted molar refractivity (Wildman–Crippen MR) is 188 cm³/mol. The van der Waals surface area contributed by atoms with Crippen LogP contribution in [-0.2, 0) is 31.3 Å². The lowest BCUT2D eigenvalue weighted by molar-refractivity contribution is -0.125. The third kappa shape index (κ3) is 7.27. The van der Waals surface area contributed by atoms with Crippen molar-refractivity contribution < 1.29 is 23.3 Å². The number of anilines is 1. The quantitative estimate of drug-likeness (QED) is 0.341. The second kappa shape index (κ2) is 14.3. The summed E-state index contributed by atoms with van der Waals surface area (Å²) in [7, 11) is -1.57. The molecule has 1 spiro atoms. The molecule has 0 saturated heterocycles. The van der Waals surface area contributed by atoms with E-state index in [1.807, 2.05) is 18.2 Å². The lowest BCUT2D eigenvalue weighted by Gasteiger charge is -2.42. The van der Waals surface area contributed by atoms with Crippen LogP contribution in [0, 0.1) is 17.8 Å². The maximum absolute atomic E-state index is 14.1. The number of ether oxygens (including phenoxy) is 2. The number of benzene rings is 2. The third-order valence-corrected chi connectivity index (χ3v) is 12.9. The van der Waals surface area contributed by atoms with Crippen molar-refractivity contribution in [3.05, 3.63) is 70.3 Å². The molecular formula is C37H48ClN3O5S. The Morgan fingerprint density at radius 3 is 2.77 bits per heavy atom. The number of methoxy groups -OCH3 is 1. The van der Waals surface area contributed by atoms with Crippen molar-refractivity contribution in [3.8, 4) is 5.75 Å². The normalized spacial score (nSPS) is 30.7. The number of fused-ring (bicyclic) bond motifs is 3. The summed E-state index contributed by atoms with van der Waals surface area (Å²) in [5.41, 5.74) is 3.45. The van der Waals surface area contributed by atoms with Gasteiger partial charge in [0, 0.05) is 42.1 Å². The number of hydrogen-bond donors (Lipinski definition) is 1. The van der Waals surface area contributed by atoms with E-state index in [-0.39, 0.29) is 35.0 Å². The summed E-state index contributed by atoms with van der Waals surface area (Å²) in [6, 6.07) is 11.6. The maximum atomic E-state index is 14.1. The summed E-state index contributed by atoms with van der Waals surface area (Å²) < 4.78 is 33.7. The van der Waals surface area contributed by atoms with E-state index in [9.17, 15) is 13.8 Å². The lowest BCUT2D eigenvalue weighted by atomic mass is 9.70. The molecule has 0 aromatic heterocycles.